The monoisotopic (exact) mass is 176 g/mol. The molecule has 2 nitrogen and oxygen atoms in total. The number of aromatic hydroxyl groups is 1. The van der Waals surface area contributed by atoms with Gasteiger partial charge < -0.3 is 9.84 Å². The molecule has 3 rings (SSSR count). The van der Waals surface area contributed by atoms with Crippen LogP contribution in [-0.4, -0.2) is 11.7 Å². The summed E-state index contributed by atoms with van der Waals surface area (Å²) in [6.45, 7) is 0.802. The molecule has 13 heavy (non-hydrogen) atoms. The highest BCUT2D eigenvalue weighted by molar-refractivity contribution is 5.52. The first-order valence-corrected chi connectivity index (χ1v) is 4.77. The molecule has 1 aliphatic carbocycles. The molecule has 1 aliphatic heterocycles. The van der Waals surface area contributed by atoms with Crippen molar-refractivity contribution in [3.05, 3.63) is 23.8 Å². The molecule has 0 saturated heterocycles. The highest BCUT2D eigenvalue weighted by Crippen LogP contribution is 2.58. The maximum atomic E-state index is 9.75. The molecule has 1 aromatic carbocycles. The van der Waals surface area contributed by atoms with Crippen molar-refractivity contribution < 1.29 is 9.84 Å². The molecule has 68 valence electrons. The number of hydrogen-bond acceptors (Lipinski definition) is 2. The van der Waals surface area contributed by atoms with Crippen LogP contribution in [0.1, 0.15) is 24.8 Å². The minimum atomic E-state index is 0.277. The number of hydrogen-bond donors (Lipinski definition) is 1. The summed E-state index contributed by atoms with van der Waals surface area (Å²) in [7, 11) is 0. The lowest BCUT2D eigenvalue weighted by Crippen LogP contribution is -2.19. The van der Waals surface area contributed by atoms with E-state index < -0.39 is 0 Å². The van der Waals surface area contributed by atoms with Crippen LogP contribution in [0.5, 0.6) is 11.5 Å². The Morgan fingerprint density at radius 1 is 1.23 bits per heavy atom. The fourth-order valence-corrected chi connectivity index (χ4v) is 2.31. The number of benzene rings is 1. The van der Waals surface area contributed by atoms with E-state index in [9.17, 15) is 5.11 Å². The summed E-state index contributed by atoms with van der Waals surface area (Å²) in [6.07, 6.45) is 3.49. The van der Waals surface area contributed by atoms with Crippen molar-refractivity contribution in [2.45, 2.75) is 24.7 Å². The van der Waals surface area contributed by atoms with Crippen molar-refractivity contribution in [2.24, 2.45) is 0 Å². The van der Waals surface area contributed by atoms with E-state index in [0.717, 1.165) is 24.3 Å². The van der Waals surface area contributed by atoms with Crippen molar-refractivity contribution in [1.82, 2.24) is 0 Å². The van der Waals surface area contributed by atoms with Crippen LogP contribution in [0.15, 0.2) is 18.2 Å². The van der Waals surface area contributed by atoms with Crippen LogP contribution in [0.25, 0.3) is 0 Å². The molecule has 0 aromatic heterocycles. The van der Waals surface area contributed by atoms with E-state index in [1.54, 1.807) is 6.07 Å². The minimum absolute atomic E-state index is 0.277. The second kappa shape index (κ2) is 2.19. The molecule has 1 saturated carbocycles. The van der Waals surface area contributed by atoms with Crippen LogP contribution in [0.4, 0.5) is 0 Å². The van der Waals surface area contributed by atoms with E-state index in [4.69, 9.17) is 4.74 Å². The second-order valence-corrected chi connectivity index (χ2v) is 4.03. The molecule has 0 atom stereocenters. The van der Waals surface area contributed by atoms with Gasteiger partial charge in [0.15, 0.2) is 0 Å². The maximum Gasteiger partial charge on any atom is 0.126 e. The van der Waals surface area contributed by atoms with E-state index in [1.165, 1.54) is 12.8 Å². The summed E-state index contributed by atoms with van der Waals surface area (Å²) in [5.41, 5.74) is 1.33. The highest BCUT2D eigenvalue weighted by atomic mass is 16.5. The fourth-order valence-electron chi connectivity index (χ4n) is 2.31. The van der Waals surface area contributed by atoms with E-state index in [2.05, 4.69) is 0 Å². The van der Waals surface area contributed by atoms with Crippen molar-refractivity contribution in [3.63, 3.8) is 0 Å². The lowest BCUT2D eigenvalue weighted by molar-refractivity contribution is 0.255. The molecule has 0 unspecified atom stereocenters. The first kappa shape index (κ1) is 7.25. The smallest absolute Gasteiger partial charge is 0.126 e. The molecule has 0 bridgehead atoms. The van der Waals surface area contributed by atoms with E-state index >= 15 is 0 Å². The Kier molecular flexibility index (Phi) is 1.22. The number of fused-ring (bicyclic) bond motifs is 2. The first-order chi connectivity index (χ1) is 6.32. The molecule has 0 radical (unpaired) electrons. The zero-order chi connectivity index (χ0) is 8.89. The molecule has 1 N–H and O–H groups in total. The summed E-state index contributed by atoms with van der Waals surface area (Å²) in [5, 5.41) is 9.75. The van der Waals surface area contributed by atoms with Crippen LogP contribution in [0, 0.1) is 0 Å². The van der Waals surface area contributed by atoms with Gasteiger partial charge in [-0.3, -0.25) is 0 Å². The van der Waals surface area contributed by atoms with Crippen LogP contribution in [-0.2, 0) is 5.41 Å². The number of phenols is 1. The third-order valence-electron chi connectivity index (χ3n) is 3.23. The molecule has 2 aliphatic rings. The number of phenolic OH excluding ortho intramolecular Hbond substituents is 1. The van der Waals surface area contributed by atoms with E-state index in [1.807, 2.05) is 12.1 Å². The average Bonchev–Trinajstić information content (AvgIpc) is 2.86. The average molecular weight is 176 g/mol. The topological polar surface area (TPSA) is 29.5 Å². The Labute approximate surface area is 77.2 Å². The van der Waals surface area contributed by atoms with E-state index in [-0.39, 0.29) is 5.41 Å². The SMILES string of the molecule is Oc1cccc2c1C1(CCO2)CC1. The van der Waals surface area contributed by atoms with Gasteiger partial charge in [0.25, 0.3) is 0 Å². The molecule has 2 heteroatoms. The number of rotatable bonds is 0. The Hall–Kier alpha value is -1.18. The summed E-state index contributed by atoms with van der Waals surface area (Å²) in [6, 6.07) is 5.55. The molecule has 1 fully saturated rings. The molecular weight excluding hydrogens is 164 g/mol. The van der Waals surface area contributed by atoms with Crippen molar-refractivity contribution in [2.75, 3.05) is 6.61 Å². The summed E-state index contributed by atoms with van der Waals surface area (Å²) in [5.74, 6) is 1.30. The standard InChI is InChI=1S/C11H12O2/c12-8-2-1-3-9-10(8)11(4-5-11)6-7-13-9/h1-3,12H,4-7H2. The fraction of sp³-hybridized carbons (Fsp3) is 0.455. The summed E-state index contributed by atoms with van der Waals surface area (Å²) >= 11 is 0. The summed E-state index contributed by atoms with van der Waals surface area (Å²) in [4.78, 5) is 0. The predicted octanol–water partition coefficient (Wildman–Crippen LogP) is 2.21. The van der Waals surface area contributed by atoms with Crippen molar-refractivity contribution in [1.29, 1.82) is 0 Å². The number of ether oxygens (including phenoxy) is 1. The van der Waals surface area contributed by atoms with Gasteiger partial charge in [0.1, 0.15) is 11.5 Å². The quantitative estimate of drug-likeness (QED) is 0.656. The molecular formula is C11H12O2. The van der Waals surface area contributed by atoms with Crippen molar-refractivity contribution >= 4 is 0 Å². The van der Waals surface area contributed by atoms with Crippen LogP contribution in [0.3, 0.4) is 0 Å². The minimum Gasteiger partial charge on any atom is -0.508 e. The third-order valence-corrected chi connectivity index (χ3v) is 3.23. The van der Waals surface area contributed by atoms with Gasteiger partial charge >= 0.3 is 0 Å². The van der Waals surface area contributed by atoms with Crippen LogP contribution >= 0.6 is 0 Å². The second-order valence-electron chi connectivity index (χ2n) is 4.03. The lowest BCUT2D eigenvalue weighted by Gasteiger charge is -2.26. The normalized spacial score (nSPS) is 22.2. The van der Waals surface area contributed by atoms with Gasteiger partial charge in [-0.15, -0.1) is 0 Å². The lowest BCUT2D eigenvalue weighted by atomic mass is 9.89. The van der Waals surface area contributed by atoms with Gasteiger partial charge in [-0.2, -0.15) is 0 Å². The first-order valence-electron chi connectivity index (χ1n) is 4.77. The van der Waals surface area contributed by atoms with Gasteiger partial charge in [-0.1, -0.05) is 6.07 Å². The van der Waals surface area contributed by atoms with Gasteiger partial charge in [0, 0.05) is 11.0 Å². The maximum absolute atomic E-state index is 9.75. The Balaban J connectivity index is 2.21. The Morgan fingerprint density at radius 3 is 2.85 bits per heavy atom. The zero-order valence-electron chi connectivity index (χ0n) is 7.42. The van der Waals surface area contributed by atoms with Gasteiger partial charge in [-0.05, 0) is 31.4 Å². The molecule has 1 aromatic rings. The molecule has 0 amide bonds. The zero-order valence-corrected chi connectivity index (χ0v) is 7.42. The van der Waals surface area contributed by atoms with Gasteiger partial charge in [0.05, 0.1) is 6.61 Å². The molecule has 1 heterocycles. The molecule has 1 spiro atoms. The predicted molar refractivity (Wildman–Crippen MR) is 49.1 cm³/mol. The van der Waals surface area contributed by atoms with E-state index in [0.29, 0.717) is 5.75 Å². The van der Waals surface area contributed by atoms with Crippen LogP contribution in [0.2, 0.25) is 0 Å². The Bertz CT molecular complexity index is 353. The Morgan fingerprint density at radius 2 is 2.08 bits per heavy atom. The van der Waals surface area contributed by atoms with Crippen molar-refractivity contribution in [3.8, 4) is 11.5 Å². The highest BCUT2D eigenvalue weighted by Gasteiger charge is 2.49. The summed E-state index contributed by atoms with van der Waals surface area (Å²) < 4.78 is 5.52. The van der Waals surface area contributed by atoms with Gasteiger partial charge in [0.2, 0.25) is 0 Å². The largest absolute Gasteiger partial charge is 0.508 e. The van der Waals surface area contributed by atoms with Crippen LogP contribution < -0.4 is 4.74 Å². The van der Waals surface area contributed by atoms with Gasteiger partial charge in [-0.25, -0.2) is 0 Å². The third kappa shape index (κ3) is 0.886.